The lowest BCUT2D eigenvalue weighted by molar-refractivity contribution is 0.297. The van der Waals surface area contributed by atoms with Crippen LogP contribution in [-0.2, 0) is 0 Å². The number of nitrogens with two attached hydrogens (primary N) is 1. The summed E-state index contributed by atoms with van der Waals surface area (Å²) >= 11 is 0. The number of nitrogens with one attached hydrogen (secondary N) is 1. The molecule has 0 unspecified atom stereocenters. The minimum atomic E-state index is 0.319. The molecule has 1 aliphatic heterocycles. The summed E-state index contributed by atoms with van der Waals surface area (Å²) in [4.78, 5) is 8.21. The highest BCUT2D eigenvalue weighted by atomic mass is 16.5. The van der Waals surface area contributed by atoms with Gasteiger partial charge in [-0.1, -0.05) is 0 Å². The van der Waals surface area contributed by atoms with E-state index in [2.05, 4.69) is 15.3 Å². The fraction of sp³-hybridized carbons (Fsp3) is 0.294. The third-order valence-electron chi connectivity index (χ3n) is 3.30. The number of nitrogens with zero attached hydrogens (tertiary/aromatic N) is 2. The molecule has 2 aromatic rings. The van der Waals surface area contributed by atoms with Gasteiger partial charge in [0, 0.05) is 24.4 Å². The van der Waals surface area contributed by atoms with Crippen molar-refractivity contribution < 1.29 is 14.2 Å². The van der Waals surface area contributed by atoms with Crippen LogP contribution in [0.1, 0.15) is 6.42 Å². The molecule has 2 heterocycles. The van der Waals surface area contributed by atoms with Crippen molar-refractivity contribution in [3.8, 4) is 17.2 Å². The molecule has 3 N–H and O–H groups in total. The molecule has 0 fully saturated rings. The van der Waals surface area contributed by atoms with E-state index in [1.165, 1.54) is 0 Å². The highest BCUT2D eigenvalue weighted by molar-refractivity contribution is 5.92. The van der Waals surface area contributed by atoms with E-state index < -0.39 is 0 Å². The number of rotatable bonds is 5. The summed E-state index contributed by atoms with van der Waals surface area (Å²) in [5.74, 6) is 2.49. The van der Waals surface area contributed by atoms with E-state index in [1.807, 2.05) is 30.3 Å². The van der Waals surface area contributed by atoms with E-state index in [-0.39, 0.29) is 0 Å². The molecule has 0 atom stereocenters. The Morgan fingerprint density at radius 3 is 2.96 bits per heavy atom. The first kappa shape index (κ1) is 15.9. The fourth-order valence-corrected chi connectivity index (χ4v) is 2.19. The van der Waals surface area contributed by atoms with Crippen LogP contribution in [0.3, 0.4) is 0 Å². The van der Waals surface area contributed by atoms with Crippen LogP contribution in [0.4, 0.5) is 5.69 Å². The molecule has 1 aliphatic rings. The van der Waals surface area contributed by atoms with Crippen molar-refractivity contribution in [2.75, 3.05) is 31.7 Å². The van der Waals surface area contributed by atoms with Crippen molar-refractivity contribution >= 4 is 11.6 Å². The number of hydrogen-bond donors (Lipinski definition) is 2. The van der Waals surface area contributed by atoms with Crippen molar-refractivity contribution in [2.24, 2.45) is 10.7 Å². The number of fused-ring (bicyclic) bond motifs is 1. The molecule has 3 rings (SSSR count). The maximum absolute atomic E-state index is 5.89. The largest absolute Gasteiger partial charge is 0.490 e. The highest BCUT2D eigenvalue weighted by Gasteiger charge is 2.10. The first-order chi connectivity index (χ1) is 11.8. The van der Waals surface area contributed by atoms with Gasteiger partial charge in [-0.3, -0.25) is 4.98 Å². The summed E-state index contributed by atoms with van der Waals surface area (Å²) in [5, 5.41) is 3.04. The smallest absolute Gasteiger partial charge is 0.193 e. The lowest BCUT2D eigenvalue weighted by Gasteiger charge is -2.11. The molecule has 0 spiro atoms. The van der Waals surface area contributed by atoms with Crippen LogP contribution in [0.5, 0.6) is 17.2 Å². The van der Waals surface area contributed by atoms with Crippen LogP contribution in [0.15, 0.2) is 47.7 Å². The van der Waals surface area contributed by atoms with E-state index >= 15 is 0 Å². The standard InChI is InChI=1S/C17H20N4O3/c18-17(20-7-10-22-14-3-1-6-19-12-14)21-13-4-5-15-16(11-13)24-9-2-8-23-15/h1,3-6,11-12H,2,7-10H2,(H3,18,20,21). The van der Waals surface area contributed by atoms with E-state index in [0.29, 0.717) is 43.8 Å². The molecule has 7 nitrogen and oxygen atoms in total. The number of ether oxygens (including phenoxy) is 3. The third kappa shape index (κ3) is 4.52. The Morgan fingerprint density at radius 2 is 2.12 bits per heavy atom. The Hall–Kier alpha value is -2.96. The summed E-state index contributed by atoms with van der Waals surface area (Å²) in [7, 11) is 0. The Kier molecular flexibility index (Phi) is 5.34. The number of benzene rings is 1. The van der Waals surface area contributed by atoms with Gasteiger partial charge in [-0.15, -0.1) is 0 Å². The maximum Gasteiger partial charge on any atom is 0.193 e. The predicted octanol–water partition coefficient (Wildman–Crippen LogP) is 2.05. The molecule has 126 valence electrons. The van der Waals surface area contributed by atoms with Crippen molar-refractivity contribution in [3.05, 3.63) is 42.7 Å². The van der Waals surface area contributed by atoms with Crippen molar-refractivity contribution in [1.82, 2.24) is 4.98 Å². The van der Waals surface area contributed by atoms with Gasteiger partial charge in [0.1, 0.15) is 12.4 Å². The monoisotopic (exact) mass is 328 g/mol. The molecular weight excluding hydrogens is 308 g/mol. The zero-order chi connectivity index (χ0) is 16.6. The van der Waals surface area contributed by atoms with Gasteiger partial charge < -0.3 is 25.3 Å². The zero-order valence-corrected chi connectivity index (χ0v) is 13.3. The molecule has 0 amide bonds. The average molecular weight is 328 g/mol. The van der Waals surface area contributed by atoms with E-state index in [0.717, 1.165) is 17.9 Å². The lowest BCUT2D eigenvalue weighted by Crippen LogP contribution is -2.23. The zero-order valence-electron chi connectivity index (χ0n) is 13.3. The summed E-state index contributed by atoms with van der Waals surface area (Å²) in [6.07, 6.45) is 4.23. The van der Waals surface area contributed by atoms with Crippen LogP contribution in [0.25, 0.3) is 0 Å². The van der Waals surface area contributed by atoms with Crippen LogP contribution < -0.4 is 25.3 Å². The number of hydrogen-bond acceptors (Lipinski definition) is 5. The van der Waals surface area contributed by atoms with Crippen LogP contribution in [0, 0.1) is 0 Å². The molecule has 0 saturated heterocycles. The van der Waals surface area contributed by atoms with Gasteiger partial charge in [-0.05, 0) is 24.3 Å². The lowest BCUT2D eigenvalue weighted by atomic mass is 10.3. The average Bonchev–Trinajstić information content (AvgIpc) is 2.84. The van der Waals surface area contributed by atoms with E-state index in [4.69, 9.17) is 19.9 Å². The van der Waals surface area contributed by atoms with Crippen molar-refractivity contribution in [1.29, 1.82) is 0 Å². The molecule has 0 bridgehead atoms. The highest BCUT2D eigenvalue weighted by Crippen LogP contribution is 2.32. The van der Waals surface area contributed by atoms with Crippen molar-refractivity contribution in [3.63, 3.8) is 0 Å². The number of anilines is 1. The topological polar surface area (TPSA) is 91.0 Å². The maximum atomic E-state index is 5.89. The quantitative estimate of drug-likeness (QED) is 0.496. The molecular formula is C17H20N4O3. The van der Waals surface area contributed by atoms with Crippen molar-refractivity contribution in [2.45, 2.75) is 6.42 Å². The SMILES string of the molecule is NC(=NCCOc1cccnc1)Nc1ccc2c(c1)OCCCO2. The summed E-state index contributed by atoms with van der Waals surface area (Å²) in [5.41, 5.74) is 6.69. The Balaban J connectivity index is 1.50. The molecule has 0 radical (unpaired) electrons. The van der Waals surface area contributed by atoms with Crippen LogP contribution in [0.2, 0.25) is 0 Å². The second kappa shape index (κ2) is 8.05. The van der Waals surface area contributed by atoms with Gasteiger partial charge >= 0.3 is 0 Å². The number of aliphatic imine (C=N–C) groups is 1. The van der Waals surface area contributed by atoms with Gasteiger partial charge in [-0.25, -0.2) is 4.99 Å². The summed E-state index contributed by atoms with van der Waals surface area (Å²) in [6, 6.07) is 9.26. The van der Waals surface area contributed by atoms with Gasteiger partial charge in [0.2, 0.25) is 0 Å². The Bertz CT molecular complexity index is 691. The third-order valence-corrected chi connectivity index (χ3v) is 3.30. The minimum Gasteiger partial charge on any atom is -0.490 e. The molecule has 1 aromatic heterocycles. The second-order valence-corrected chi connectivity index (χ2v) is 5.14. The molecule has 0 aliphatic carbocycles. The normalized spacial score (nSPS) is 13.9. The van der Waals surface area contributed by atoms with E-state index in [1.54, 1.807) is 12.4 Å². The van der Waals surface area contributed by atoms with Gasteiger partial charge in [0.15, 0.2) is 17.5 Å². The first-order valence-corrected chi connectivity index (χ1v) is 7.81. The molecule has 7 heteroatoms. The van der Waals surface area contributed by atoms with Gasteiger partial charge in [0.25, 0.3) is 0 Å². The Morgan fingerprint density at radius 1 is 1.25 bits per heavy atom. The number of pyridine rings is 1. The van der Waals surface area contributed by atoms with Crippen LogP contribution >= 0.6 is 0 Å². The molecule has 0 saturated carbocycles. The second-order valence-electron chi connectivity index (χ2n) is 5.14. The Labute approximate surface area is 140 Å². The number of aromatic nitrogens is 1. The van der Waals surface area contributed by atoms with Gasteiger partial charge in [0.05, 0.1) is 26.0 Å². The number of guanidine groups is 1. The first-order valence-electron chi connectivity index (χ1n) is 7.81. The molecule has 1 aromatic carbocycles. The predicted molar refractivity (Wildman–Crippen MR) is 91.9 cm³/mol. The van der Waals surface area contributed by atoms with Gasteiger partial charge in [-0.2, -0.15) is 0 Å². The summed E-state index contributed by atoms with van der Waals surface area (Å²) in [6.45, 7) is 2.18. The fourth-order valence-electron chi connectivity index (χ4n) is 2.19. The summed E-state index contributed by atoms with van der Waals surface area (Å²) < 4.78 is 16.7. The van der Waals surface area contributed by atoms with Crippen LogP contribution in [-0.4, -0.2) is 37.3 Å². The van der Waals surface area contributed by atoms with E-state index in [9.17, 15) is 0 Å². The minimum absolute atomic E-state index is 0.319. The molecule has 24 heavy (non-hydrogen) atoms.